The second kappa shape index (κ2) is 10.9. The summed E-state index contributed by atoms with van der Waals surface area (Å²) >= 11 is 0. The highest BCUT2D eigenvalue weighted by atomic mass is 127. The minimum atomic E-state index is 0. The number of ether oxygens (including phenoxy) is 1. The first-order valence-corrected chi connectivity index (χ1v) is 8.14. The van der Waals surface area contributed by atoms with E-state index in [2.05, 4.69) is 46.6 Å². The van der Waals surface area contributed by atoms with Crippen molar-refractivity contribution >= 4 is 29.9 Å². The molecule has 0 aliphatic carbocycles. The van der Waals surface area contributed by atoms with Crippen LogP contribution in [0.5, 0.6) is 0 Å². The van der Waals surface area contributed by atoms with Crippen molar-refractivity contribution in [1.82, 2.24) is 20.1 Å². The van der Waals surface area contributed by atoms with Gasteiger partial charge in [0.25, 0.3) is 0 Å². The number of aryl methyl sites for hydroxylation is 1. The minimum absolute atomic E-state index is 0. The van der Waals surface area contributed by atoms with E-state index >= 15 is 0 Å². The molecule has 2 N–H and O–H groups in total. The first-order valence-electron chi connectivity index (χ1n) is 8.14. The fourth-order valence-corrected chi connectivity index (χ4v) is 2.56. The zero-order chi connectivity index (χ0) is 15.8. The van der Waals surface area contributed by atoms with Crippen LogP contribution in [0.1, 0.15) is 19.4 Å². The van der Waals surface area contributed by atoms with E-state index < -0.39 is 0 Å². The van der Waals surface area contributed by atoms with Crippen LogP contribution >= 0.6 is 24.0 Å². The zero-order valence-electron chi connectivity index (χ0n) is 14.4. The molecule has 0 aromatic carbocycles. The number of rotatable bonds is 6. The largest absolute Gasteiger partial charge is 0.379 e. The van der Waals surface area contributed by atoms with Crippen molar-refractivity contribution in [2.24, 2.45) is 12.0 Å². The molecule has 1 aliphatic heterocycles. The smallest absolute Gasteiger partial charge is 0.191 e. The van der Waals surface area contributed by atoms with Crippen molar-refractivity contribution in [3.8, 4) is 0 Å². The van der Waals surface area contributed by atoms with E-state index in [1.54, 1.807) is 0 Å². The van der Waals surface area contributed by atoms with Gasteiger partial charge in [0.15, 0.2) is 5.96 Å². The van der Waals surface area contributed by atoms with E-state index in [0.29, 0.717) is 12.6 Å². The third kappa shape index (κ3) is 7.09. The Morgan fingerprint density at radius 2 is 2.09 bits per heavy atom. The predicted octanol–water partition coefficient (Wildman–Crippen LogP) is 1.42. The number of halogens is 1. The van der Waals surface area contributed by atoms with E-state index in [-0.39, 0.29) is 24.0 Å². The molecule has 1 aromatic heterocycles. The average molecular weight is 435 g/mol. The summed E-state index contributed by atoms with van der Waals surface area (Å²) < 4.78 is 7.45. The van der Waals surface area contributed by atoms with Crippen LogP contribution in [0.15, 0.2) is 23.5 Å². The van der Waals surface area contributed by atoms with E-state index in [0.717, 1.165) is 45.4 Å². The molecule has 0 spiro atoms. The Balaban J connectivity index is 0.00000264. The van der Waals surface area contributed by atoms with Gasteiger partial charge in [-0.25, -0.2) is 4.99 Å². The molecule has 23 heavy (non-hydrogen) atoms. The summed E-state index contributed by atoms with van der Waals surface area (Å²) in [6, 6.07) is 2.58. The van der Waals surface area contributed by atoms with Crippen molar-refractivity contribution in [3.05, 3.63) is 24.0 Å². The van der Waals surface area contributed by atoms with Crippen LogP contribution in [0.4, 0.5) is 0 Å². The van der Waals surface area contributed by atoms with Crippen LogP contribution in [0, 0.1) is 0 Å². The first kappa shape index (κ1) is 20.2. The van der Waals surface area contributed by atoms with Gasteiger partial charge in [-0.15, -0.1) is 24.0 Å². The lowest BCUT2D eigenvalue weighted by Gasteiger charge is -2.32. The molecule has 0 saturated carbocycles. The molecule has 2 heterocycles. The molecular formula is C16H30IN5O. The van der Waals surface area contributed by atoms with Crippen LogP contribution < -0.4 is 10.6 Å². The highest BCUT2D eigenvalue weighted by molar-refractivity contribution is 14.0. The van der Waals surface area contributed by atoms with E-state index in [1.807, 2.05) is 17.8 Å². The van der Waals surface area contributed by atoms with Gasteiger partial charge in [0.1, 0.15) is 0 Å². The van der Waals surface area contributed by atoms with Gasteiger partial charge in [0.05, 0.1) is 19.8 Å². The number of aromatic nitrogens is 1. The van der Waals surface area contributed by atoms with Crippen LogP contribution in [-0.2, 0) is 18.3 Å². The highest BCUT2D eigenvalue weighted by Crippen LogP contribution is 2.03. The molecule has 1 saturated heterocycles. The molecule has 1 aromatic rings. The van der Waals surface area contributed by atoms with Crippen molar-refractivity contribution < 1.29 is 4.74 Å². The molecule has 7 heteroatoms. The lowest BCUT2D eigenvalue weighted by Crippen LogP contribution is -2.49. The summed E-state index contributed by atoms with van der Waals surface area (Å²) in [5.74, 6) is 0.881. The number of morpholine rings is 1. The SMILES string of the molecule is CCNC(=NCc1ccn(C)c1)NCC(C)N1CCOCC1.I. The summed E-state index contributed by atoms with van der Waals surface area (Å²) in [6.07, 6.45) is 4.15. The molecule has 1 aliphatic rings. The Hall–Kier alpha value is -0.800. The molecule has 0 bridgehead atoms. The van der Waals surface area contributed by atoms with Gasteiger partial charge in [0.2, 0.25) is 0 Å². The predicted molar refractivity (Wildman–Crippen MR) is 106 cm³/mol. The number of aliphatic imine (C=N–C) groups is 1. The standard InChI is InChI=1S/C16H29N5O.HI/c1-4-17-16(19-12-15-5-6-20(3)13-15)18-11-14(2)21-7-9-22-10-8-21;/h5-6,13-14H,4,7-12H2,1-3H3,(H2,17,18,19);1H. The summed E-state index contributed by atoms with van der Waals surface area (Å²) in [7, 11) is 2.03. The van der Waals surface area contributed by atoms with Gasteiger partial charge in [-0.1, -0.05) is 0 Å². The Labute approximate surface area is 156 Å². The van der Waals surface area contributed by atoms with Crippen LogP contribution in [0.2, 0.25) is 0 Å². The van der Waals surface area contributed by atoms with Crippen molar-refractivity contribution in [1.29, 1.82) is 0 Å². The van der Waals surface area contributed by atoms with E-state index in [9.17, 15) is 0 Å². The second-order valence-corrected chi connectivity index (χ2v) is 5.76. The molecule has 0 amide bonds. The number of guanidine groups is 1. The third-order valence-corrected chi connectivity index (χ3v) is 3.89. The lowest BCUT2D eigenvalue weighted by molar-refractivity contribution is 0.0211. The van der Waals surface area contributed by atoms with Crippen molar-refractivity contribution in [2.75, 3.05) is 39.4 Å². The Morgan fingerprint density at radius 1 is 1.35 bits per heavy atom. The van der Waals surface area contributed by atoms with Crippen LogP contribution in [0.3, 0.4) is 0 Å². The lowest BCUT2D eigenvalue weighted by atomic mass is 10.2. The molecule has 132 valence electrons. The van der Waals surface area contributed by atoms with Crippen LogP contribution in [-0.4, -0.2) is 60.9 Å². The van der Waals surface area contributed by atoms with Crippen molar-refractivity contribution in [2.45, 2.75) is 26.4 Å². The minimum Gasteiger partial charge on any atom is -0.379 e. The molecule has 6 nitrogen and oxygen atoms in total. The normalized spacial score (nSPS) is 17.4. The average Bonchev–Trinajstić information content (AvgIpc) is 2.96. The van der Waals surface area contributed by atoms with Crippen LogP contribution in [0.25, 0.3) is 0 Å². The quantitative estimate of drug-likeness (QED) is 0.403. The monoisotopic (exact) mass is 435 g/mol. The Kier molecular flexibility index (Phi) is 9.57. The second-order valence-electron chi connectivity index (χ2n) is 5.76. The fourth-order valence-electron chi connectivity index (χ4n) is 2.56. The topological polar surface area (TPSA) is 53.8 Å². The van der Waals surface area contributed by atoms with Gasteiger partial charge in [-0.2, -0.15) is 0 Å². The van der Waals surface area contributed by atoms with Gasteiger partial charge >= 0.3 is 0 Å². The van der Waals surface area contributed by atoms with Gasteiger partial charge < -0.3 is 19.9 Å². The maximum Gasteiger partial charge on any atom is 0.191 e. The number of nitrogens with zero attached hydrogens (tertiary/aromatic N) is 3. The van der Waals surface area contributed by atoms with E-state index in [4.69, 9.17) is 4.74 Å². The molecule has 2 rings (SSSR count). The molecule has 0 radical (unpaired) electrons. The molecule has 1 atom stereocenters. The fraction of sp³-hybridized carbons (Fsp3) is 0.688. The Morgan fingerprint density at radius 3 is 2.70 bits per heavy atom. The summed E-state index contributed by atoms with van der Waals surface area (Å²) in [5, 5.41) is 6.75. The molecule has 1 unspecified atom stereocenters. The van der Waals surface area contributed by atoms with Gasteiger partial charge in [0, 0.05) is 51.7 Å². The highest BCUT2D eigenvalue weighted by Gasteiger charge is 2.16. The maximum atomic E-state index is 5.40. The maximum absolute atomic E-state index is 5.40. The number of hydrogen-bond acceptors (Lipinski definition) is 3. The Bertz CT molecular complexity index is 471. The summed E-state index contributed by atoms with van der Waals surface area (Å²) in [5.41, 5.74) is 1.22. The number of hydrogen-bond donors (Lipinski definition) is 2. The van der Waals surface area contributed by atoms with E-state index in [1.165, 1.54) is 5.56 Å². The first-order chi connectivity index (χ1) is 10.7. The van der Waals surface area contributed by atoms with Gasteiger partial charge in [-0.05, 0) is 25.5 Å². The van der Waals surface area contributed by atoms with Gasteiger partial charge in [-0.3, -0.25) is 4.90 Å². The third-order valence-electron chi connectivity index (χ3n) is 3.89. The summed E-state index contributed by atoms with van der Waals surface area (Å²) in [6.45, 7) is 10.5. The molecular weight excluding hydrogens is 405 g/mol. The number of nitrogens with one attached hydrogen (secondary N) is 2. The zero-order valence-corrected chi connectivity index (χ0v) is 16.7. The van der Waals surface area contributed by atoms with Crippen molar-refractivity contribution in [3.63, 3.8) is 0 Å². The molecule has 1 fully saturated rings. The summed E-state index contributed by atoms with van der Waals surface area (Å²) in [4.78, 5) is 7.11.